The Balaban J connectivity index is 1.23. The lowest BCUT2D eigenvalue weighted by Crippen LogP contribution is -2.65. The van der Waals surface area contributed by atoms with Crippen LogP contribution in [0.15, 0.2) is 12.4 Å². The molecule has 7 rings (SSSR count). The molecule has 1 aliphatic carbocycles. The number of hydrogen-bond acceptors (Lipinski definition) is 7. The molecule has 10 heteroatoms. The second-order valence-corrected chi connectivity index (χ2v) is 12.1. The van der Waals surface area contributed by atoms with Crippen molar-refractivity contribution in [3.8, 4) is 0 Å². The van der Waals surface area contributed by atoms with E-state index in [4.69, 9.17) is 10.5 Å². The average Bonchev–Trinajstić information content (AvgIpc) is 3.25. The van der Waals surface area contributed by atoms with E-state index in [9.17, 15) is 9.18 Å². The maximum atomic E-state index is 13.7. The summed E-state index contributed by atoms with van der Waals surface area (Å²) in [6.07, 6.45) is 17.0. The summed E-state index contributed by atoms with van der Waals surface area (Å²) in [5.74, 6) is -0.234. The van der Waals surface area contributed by atoms with Crippen LogP contribution in [-0.4, -0.2) is 75.4 Å². The lowest BCUT2D eigenvalue weighted by Gasteiger charge is -2.50. The van der Waals surface area contributed by atoms with Gasteiger partial charge in [0.05, 0.1) is 30.6 Å². The molecule has 0 radical (unpaired) electrons. The van der Waals surface area contributed by atoms with E-state index in [0.29, 0.717) is 12.5 Å². The second-order valence-electron chi connectivity index (χ2n) is 12.1. The van der Waals surface area contributed by atoms with Crippen molar-refractivity contribution in [1.82, 2.24) is 30.1 Å². The van der Waals surface area contributed by atoms with Crippen LogP contribution in [0.3, 0.4) is 0 Å². The van der Waals surface area contributed by atoms with Crippen LogP contribution in [0, 0.1) is 11.7 Å². The van der Waals surface area contributed by atoms with Crippen LogP contribution in [0.25, 0.3) is 5.65 Å². The van der Waals surface area contributed by atoms with Gasteiger partial charge < -0.3 is 26.0 Å². The maximum Gasteiger partial charge on any atom is 0.259 e. The Kier molecular flexibility index (Phi) is 7.55. The molecule has 38 heavy (non-hydrogen) atoms. The van der Waals surface area contributed by atoms with Gasteiger partial charge in [-0.2, -0.15) is 0 Å². The van der Waals surface area contributed by atoms with Crippen LogP contribution in [-0.2, 0) is 4.74 Å². The zero-order chi connectivity index (χ0) is 26.1. The molecule has 208 valence electrons. The molecule has 4 aliphatic heterocycles. The highest BCUT2D eigenvalue weighted by atomic mass is 19.1. The minimum atomic E-state index is -0.537. The number of nitrogens with one attached hydrogen (secondary N) is 2. The fraction of sp³-hybridized carbons (Fsp3) is 0.750. The molecule has 1 amide bonds. The molecule has 2 aromatic rings. The molecule has 2 bridgehead atoms. The van der Waals surface area contributed by atoms with Crippen molar-refractivity contribution in [2.75, 3.05) is 31.9 Å². The van der Waals surface area contributed by atoms with Gasteiger partial charge in [0.15, 0.2) is 17.3 Å². The topological polar surface area (TPSA) is 110 Å². The van der Waals surface area contributed by atoms with Crippen molar-refractivity contribution in [3.05, 3.63) is 23.8 Å². The van der Waals surface area contributed by atoms with Gasteiger partial charge in [-0.25, -0.2) is 13.9 Å². The molecule has 9 nitrogen and oxygen atoms in total. The van der Waals surface area contributed by atoms with Gasteiger partial charge in [0, 0.05) is 18.6 Å². The highest BCUT2D eigenvalue weighted by molar-refractivity contribution is 6.04. The number of nitrogens with zero attached hydrogens (tertiary/aromatic N) is 4. The molecule has 4 saturated heterocycles. The molecule has 4 N–H and O–H groups in total. The van der Waals surface area contributed by atoms with Gasteiger partial charge in [0.1, 0.15) is 5.56 Å². The third-order valence-electron chi connectivity index (χ3n) is 9.51. The van der Waals surface area contributed by atoms with Crippen molar-refractivity contribution in [2.45, 2.75) is 101 Å². The number of ether oxygens (including phenoxy) is 1. The molecule has 5 fully saturated rings. The number of piperidine rings is 4. The van der Waals surface area contributed by atoms with Gasteiger partial charge in [0.2, 0.25) is 0 Å². The number of fused-ring (bicyclic) bond motifs is 4. The van der Waals surface area contributed by atoms with E-state index >= 15 is 0 Å². The molecule has 5 aliphatic rings. The van der Waals surface area contributed by atoms with E-state index in [0.717, 1.165) is 32.0 Å². The van der Waals surface area contributed by atoms with Gasteiger partial charge in [-0.3, -0.25) is 4.79 Å². The molecule has 2 aromatic heterocycles. The SMILES string of the molecule is Nc1nn2cc(F)cnc2c1C(=O)NC1CNC2(CCCCCCCCC2)CC1O[C@H]1CN2CCC1CC2. The quantitative estimate of drug-likeness (QED) is 0.560. The Labute approximate surface area is 224 Å². The summed E-state index contributed by atoms with van der Waals surface area (Å²) in [5, 5.41) is 11.2. The van der Waals surface area contributed by atoms with Crippen molar-refractivity contribution in [3.63, 3.8) is 0 Å². The summed E-state index contributed by atoms with van der Waals surface area (Å²) in [6.45, 7) is 3.97. The first-order chi connectivity index (χ1) is 18.5. The molecule has 1 saturated carbocycles. The maximum absolute atomic E-state index is 13.7. The summed E-state index contributed by atoms with van der Waals surface area (Å²) in [5.41, 5.74) is 6.59. The summed E-state index contributed by atoms with van der Waals surface area (Å²) in [4.78, 5) is 20.1. The summed E-state index contributed by atoms with van der Waals surface area (Å²) >= 11 is 0. The van der Waals surface area contributed by atoms with E-state index in [1.807, 2.05) is 0 Å². The Morgan fingerprint density at radius 2 is 1.82 bits per heavy atom. The first kappa shape index (κ1) is 26.0. The molecule has 6 heterocycles. The number of halogens is 1. The molecule has 1 spiro atoms. The highest BCUT2D eigenvalue weighted by Crippen LogP contribution is 2.37. The number of rotatable bonds is 4. The molecule has 2 unspecified atom stereocenters. The van der Waals surface area contributed by atoms with Crippen LogP contribution < -0.4 is 16.4 Å². The van der Waals surface area contributed by atoms with Gasteiger partial charge in [-0.1, -0.05) is 44.9 Å². The Morgan fingerprint density at radius 1 is 1.11 bits per heavy atom. The minimum absolute atomic E-state index is 0.0445. The number of carbonyl (C=O) groups is 1. The largest absolute Gasteiger partial charge is 0.381 e. The lowest BCUT2D eigenvalue weighted by atomic mass is 9.76. The van der Waals surface area contributed by atoms with Gasteiger partial charge >= 0.3 is 0 Å². The van der Waals surface area contributed by atoms with Crippen LogP contribution in [0.5, 0.6) is 0 Å². The van der Waals surface area contributed by atoms with Crippen molar-refractivity contribution < 1.29 is 13.9 Å². The summed E-state index contributed by atoms with van der Waals surface area (Å²) < 4.78 is 21.9. The fourth-order valence-electron chi connectivity index (χ4n) is 7.34. The van der Waals surface area contributed by atoms with Crippen LogP contribution in [0.4, 0.5) is 10.2 Å². The number of amides is 1. The number of anilines is 1. The third kappa shape index (κ3) is 5.40. The zero-order valence-electron chi connectivity index (χ0n) is 22.3. The van der Waals surface area contributed by atoms with Crippen LogP contribution in [0.1, 0.15) is 87.4 Å². The van der Waals surface area contributed by atoms with Gasteiger partial charge in [-0.15, -0.1) is 5.10 Å². The Hall–Kier alpha value is -2.30. The van der Waals surface area contributed by atoms with Crippen molar-refractivity contribution in [2.24, 2.45) is 5.92 Å². The Morgan fingerprint density at radius 3 is 2.50 bits per heavy atom. The molecule has 3 atom stereocenters. The number of aromatic nitrogens is 3. The smallest absolute Gasteiger partial charge is 0.259 e. The lowest BCUT2D eigenvalue weighted by molar-refractivity contribution is -0.127. The molecular weight excluding hydrogens is 485 g/mol. The highest BCUT2D eigenvalue weighted by Gasteiger charge is 2.44. The first-order valence-electron chi connectivity index (χ1n) is 14.7. The standard InChI is InChI=1S/C28H42FN7O2/c29-20-15-31-26-24(25(30)34-36(26)17-20)27(37)33-21-16-32-28(10-6-4-2-1-3-5-7-11-28)14-22(21)38-23-18-35-12-8-19(23)9-13-35/h15,17,19,21-23,32H,1-14,16,18H2,(H2,30,34)(H,33,37)/t21?,22?,23-/m0/s1. The molecule has 0 aromatic carbocycles. The zero-order valence-corrected chi connectivity index (χ0v) is 22.3. The normalized spacial score (nSPS) is 31.9. The summed E-state index contributed by atoms with van der Waals surface area (Å²) in [6, 6.07) is -0.200. The second kappa shape index (κ2) is 11.1. The van der Waals surface area contributed by atoms with Crippen LogP contribution in [0.2, 0.25) is 0 Å². The fourth-order valence-corrected chi connectivity index (χ4v) is 7.34. The van der Waals surface area contributed by atoms with Gasteiger partial charge in [0.25, 0.3) is 5.91 Å². The van der Waals surface area contributed by atoms with E-state index in [1.165, 1.54) is 81.6 Å². The average molecular weight is 528 g/mol. The van der Waals surface area contributed by atoms with Crippen molar-refractivity contribution in [1.29, 1.82) is 0 Å². The van der Waals surface area contributed by atoms with Crippen LogP contribution >= 0.6 is 0 Å². The molecular formula is C28H42FN7O2. The minimum Gasteiger partial charge on any atom is -0.381 e. The van der Waals surface area contributed by atoms with E-state index < -0.39 is 5.82 Å². The number of hydrogen-bond donors (Lipinski definition) is 3. The number of nitrogen functional groups attached to an aromatic ring is 1. The Bertz CT molecular complexity index is 1120. The van der Waals surface area contributed by atoms with Gasteiger partial charge in [-0.05, 0) is 51.1 Å². The van der Waals surface area contributed by atoms with Crippen molar-refractivity contribution >= 4 is 17.4 Å². The third-order valence-corrected chi connectivity index (χ3v) is 9.51. The van der Waals surface area contributed by atoms with E-state index in [1.54, 1.807) is 0 Å². The van der Waals surface area contributed by atoms with E-state index in [2.05, 4.69) is 25.6 Å². The first-order valence-corrected chi connectivity index (χ1v) is 14.7. The predicted molar refractivity (Wildman–Crippen MR) is 143 cm³/mol. The number of carbonyl (C=O) groups excluding carboxylic acids is 1. The predicted octanol–water partition coefficient (Wildman–Crippen LogP) is 3.29. The number of nitrogens with two attached hydrogens (primary N) is 1. The van der Waals surface area contributed by atoms with E-state index in [-0.39, 0.29) is 46.7 Å². The summed E-state index contributed by atoms with van der Waals surface area (Å²) in [7, 11) is 0. The monoisotopic (exact) mass is 527 g/mol.